The lowest BCUT2D eigenvalue weighted by molar-refractivity contribution is -0.394. The molecule has 0 saturated carbocycles. The highest BCUT2D eigenvalue weighted by molar-refractivity contribution is 7.07. The number of ether oxygens (including phenoxy) is 3. The van der Waals surface area contributed by atoms with E-state index in [4.69, 9.17) is 25.8 Å². The van der Waals surface area contributed by atoms with E-state index in [-0.39, 0.29) is 36.0 Å². The zero-order chi connectivity index (χ0) is 33.1. The Morgan fingerprint density at radius 3 is 2.43 bits per heavy atom. The van der Waals surface area contributed by atoms with Crippen molar-refractivity contribution in [2.24, 2.45) is 4.99 Å². The van der Waals surface area contributed by atoms with Gasteiger partial charge in [-0.3, -0.25) is 29.6 Å². The molecule has 0 spiro atoms. The van der Waals surface area contributed by atoms with Crippen molar-refractivity contribution in [2.45, 2.75) is 26.8 Å². The molecule has 0 bridgehead atoms. The number of carbonyl (C=O) groups excluding carboxylic acids is 1. The van der Waals surface area contributed by atoms with E-state index >= 15 is 0 Å². The number of fused-ring (bicyclic) bond motifs is 1. The predicted molar refractivity (Wildman–Crippen MR) is 169 cm³/mol. The molecule has 15 heteroatoms. The third-order valence-electron chi connectivity index (χ3n) is 6.85. The molecule has 1 aromatic heterocycles. The lowest BCUT2D eigenvalue weighted by Crippen LogP contribution is -2.40. The molecule has 0 amide bonds. The van der Waals surface area contributed by atoms with Crippen LogP contribution in [0.15, 0.2) is 81.7 Å². The number of nitro groups is 2. The van der Waals surface area contributed by atoms with E-state index in [1.165, 1.54) is 10.6 Å². The number of thiazole rings is 1. The van der Waals surface area contributed by atoms with Crippen LogP contribution in [0, 0.1) is 20.2 Å². The van der Waals surface area contributed by atoms with Gasteiger partial charge in [0.25, 0.3) is 11.2 Å². The molecule has 0 radical (unpaired) electrons. The van der Waals surface area contributed by atoms with E-state index in [2.05, 4.69) is 4.99 Å². The van der Waals surface area contributed by atoms with Crippen LogP contribution >= 0.6 is 22.9 Å². The zero-order valence-electron chi connectivity index (χ0n) is 24.6. The van der Waals surface area contributed by atoms with E-state index < -0.39 is 38.8 Å². The first-order valence-electron chi connectivity index (χ1n) is 13.9. The summed E-state index contributed by atoms with van der Waals surface area (Å²) in [6, 6.07) is 13.8. The monoisotopic (exact) mass is 664 g/mol. The quantitative estimate of drug-likeness (QED) is 0.122. The van der Waals surface area contributed by atoms with Crippen LogP contribution in [-0.2, 0) is 9.53 Å². The van der Waals surface area contributed by atoms with Gasteiger partial charge in [0.15, 0.2) is 16.3 Å². The van der Waals surface area contributed by atoms with Gasteiger partial charge in [-0.2, -0.15) is 0 Å². The lowest BCUT2D eigenvalue weighted by Gasteiger charge is -2.25. The van der Waals surface area contributed by atoms with Gasteiger partial charge in [0.05, 0.1) is 44.9 Å². The molecule has 236 valence electrons. The number of aromatic nitrogens is 1. The Kier molecular flexibility index (Phi) is 9.30. The number of esters is 1. The van der Waals surface area contributed by atoms with Crippen LogP contribution < -0.4 is 24.4 Å². The second-order valence-corrected chi connectivity index (χ2v) is 11.1. The lowest BCUT2D eigenvalue weighted by atomic mass is 9.96. The minimum absolute atomic E-state index is 0.117. The summed E-state index contributed by atoms with van der Waals surface area (Å²) >= 11 is 7.68. The summed E-state index contributed by atoms with van der Waals surface area (Å²) in [5.74, 6) is -0.491. The number of nitrogens with zero attached hydrogens (tertiary/aromatic N) is 4. The molecule has 0 saturated heterocycles. The van der Waals surface area contributed by atoms with Gasteiger partial charge < -0.3 is 14.2 Å². The molecular formula is C31H25ClN4O9S. The molecule has 5 rings (SSSR count). The van der Waals surface area contributed by atoms with Gasteiger partial charge in [0.2, 0.25) is 5.75 Å². The van der Waals surface area contributed by atoms with Gasteiger partial charge in [0.1, 0.15) is 6.04 Å². The van der Waals surface area contributed by atoms with Crippen LogP contribution in [0.4, 0.5) is 11.4 Å². The van der Waals surface area contributed by atoms with Gasteiger partial charge in [-0.25, -0.2) is 9.79 Å². The number of carbonyl (C=O) groups is 1. The standard InChI is InChI=1S/C31H25ClN4O9S/c1-4-43-25-14-18(10-12-24(25)45-23-13-11-19(35(39)40)16-22(23)36(41)42)15-26-29(37)34-28(20-8-6-7-9-21(20)32)27(30(38)44-5-2)17(3)33-31(34)46-26/h6-16,28H,4-5H2,1-3H3/b26-15-/t28-/m0/s1. The van der Waals surface area contributed by atoms with Crippen LogP contribution in [0.5, 0.6) is 17.2 Å². The van der Waals surface area contributed by atoms with Gasteiger partial charge >= 0.3 is 11.7 Å². The molecule has 0 fully saturated rings. The Bertz CT molecular complexity index is 2110. The van der Waals surface area contributed by atoms with Crippen molar-refractivity contribution >= 4 is 46.4 Å². The zero-order valence-corrected chi connectivity index (χ0v) is 26.2. The Labute approximate surface area is 269 Å². The Balaban J connectivity index is 1.60. The highest BCUT2D eigenvalue weighted by atomic mass is 35.5. The predicted octanol–water partition coefficient (Wildman–Crippen LogP) is 5.46. The smallest absolute Gasteiger partial charge is 0.338 e. The molecule has 1 aliphatic rings. The number of rotatable bonds is 10. The normalized spacial score (nSPS) is 14.3. The van der Waals surface area contributed by atoms with Crippen LogP contribution in [0.3, 0.4) is 0 Å². The number of nitro benzene ring substituents is 2. The van der Waals surface area contributed by atoms with Crippen molar-refractivity contribution in [3.63, 3.8) is 0 Å². The average molecular weight is 665 g/mol. The fourth-order valence-corrected chi connectivity index (χ4v) is 6.15. The molecule has 4 aromatic rings. The van der Waals surface area contributed by atoms with Crippen LogP contribution in [0.1, 0.15) is 37.9 Å². The van der Waals surface area contributed by atoms with Gasteiger partial charge in [-0.1, -0.05) is 47.2 Å². The molecule has 2 heterocycles. The van der Waals surface area contributed by atoms with E-state index in [1.807, 2.05) is 0 Å². The Morgan fingerprint density at radius 2 is 1.76 bits per heavy atom. The number of benzene rings is 3. The number of hydrogen-bond donors (Lipinski definition) is 0. The minimum atomic E-state index is -0.876. The van der Waals surface area contributed by atoms with Crippen LogP contribution in [0.2, 0.25) is 5.02 Å². The van der Waals surface area contributed by atoms with E-state index in [0.29, 0.717) is 31.2 Å². The van der Waals surface area contributed by atoms with Crippen molar-refractivity contribution in [3.8, 4) is 17.2 Å². The first-order chi connectivity index (χ1) is 22.0. The molecular weight excluding hydrogens is 640 g/mol. The minimum Gasteiger partial charge on any atom is -0.490 e. The SMILES string of the molecule is CCOC(=O)C1=C(C)N=c2s/c(=C\c3ccc(Oc4ccc([N+](=O)[O-])cc4[N+](=O)[O-])c(OCC)c3)c(=O)n2[C@H]1c1ccccc1Cl. The largest absolute Gasteiger partial charge is 0.490 e. The van der Waals surface area contributed by atoms with Crippen molar-refractivity contribution in [3.05, 3.63) is 128 Å². The molecule has 1 aliphatic heterocycles. The summed E-state index contributed by atoms with van der Waals surface area (Å²) < 4.78 is 18.6. The number of allylic oxidation sites excluding steroid dienone is 1. The van der Waals surface area contributed by atoms with Crippen molar-refractivity contribution in [1.82, 2.24) is 4.57 Å². The summed E-state index contributed by atoms with van der Waals surface area (Å²) in [5.41, 5.74) is 0.216. The van der Waals surface area contributed by atoms with Gasteiger partial charge in [-0.15, -0.1) is 0 Å². The maximum Gasteiger partial charge on any atom is 0.338 e. The average Bonchev–Trinajstić information content (AvgIpc) is 3.32. The van der Waals surface area contributed by atoms with Crippen molar-refractivity contribution in [1.29, 1.82) is 0 Å². The van der Waals surface area contributed by atoms with Gasteiger partial charge in [-0.05, 0) is 62.2 Å². The summed E-state index contributed by atoms with van der Waals surface area (Å²) in [5, 5.41) is 23.1. The van der Waals surface area contributed by atoms with E-state index in [9.17, 15) is 29.8 Å². The summed E-state index contributed by atoms with van der Waals surface area (Å²) in [4.78, 5) is 53.2. The van der Waals surface area contributed by atoms with Crippen LogP contribution in [-0.4, -0.2) is 33.6 Å². The van der Waals surface area contributed by atoms with Gasteiger partial charge in [0, 0.05) is 11.1 Å². The topological polar surface area (TPSA) is 165 Å². The second-order valence-electron chi connectivity index (χ2n) is 9.73. The molecule has 3 aromatic carbocycles. The fourth-order valence-electron chi connectivity index (χ4n) is 4.87. The number of halogens is 1. The number of hydrogen-bond acceptors (Lipinski definition) is 11. The summed E-state index contributed by atoms with van der Waals surface area (Å²) in [6.45, 7) is 5.46. The van der Waals surface area contributed by atoms with Crippen LogP contribution in [0.25, 0.3) is 6.08 Å². The fraction of sp³-hybridized carbons (Fsp3) is 0.194. The molecule has 13 nitrogen and oxygen atoms in total. The molecule has 46 heavy (non-hydrogen) atoms. The number of non-ortho nitro benzene ring substituents is 1. The first kappa shape index (κ1) is 32.1. The maximum absolute atomic E-state index is 13.9. The molecule has 0 aliphatic carbocycles. The van der Waals surface area contributed by atoms with Crippen molar-refractivity contribution < 1.29 is 28.9 Å². The molecule has 0 N–H and O–H groups in total. The third-order valence-corrected chi connectivity index (χ3v) is 8.18. The van der Waals surface area contributed by atoms with E-state index in [0.717, 1.165) is 29.5 Å². The third kappa shape index (κ3) is 6.25. The first-order valence-corrected chi connectivity index (χ1v) is 15.0. The Morgan fingerprint density at radius 1 is 1.02 bits per heavy atom. The second kappa shape index (κ2) is 13.3. The van der Waals surface area contributed by atoms with Crippen molar-refractivity contribution in [2.75, 3.05) is 13.2 Å². The highest BCUT2D eigenvalue weighted by Crippen LogP contribution is 2.39. The molecule has 0 unspecified atom stereocenters. The highest BCUT2D eigenvalue weighted by Gasteiger charge is 2.34. The summed E-state index contributed by atoms with van der Waals surface area (Å²) in [6.07, 6.45) is 1.62. The van der Waals surface area contributed by atoms with E-state index in [1.54, 1.807) is 63.2 Å². The summed E-state index contributed by atoms with van der Waals surface area (Å²) in [7, 11) is 0. The maximum atomic E-state index is 13.9. The Hall–Kier alpha value is -5.34. The molecule has 1 atom stereocenters.